The number of hydrogen-bond acceptors (Lipinski definition) is 3. The molecule has 1 aromatic rings. The lowest BCUT2D eigenvalue weighted by Crippen LogP contribution is -2.45. The van der Waals surface area contributed by atoms with Crippen molar-refractivity contribution in [2.24, 2.45) is 11.8 Å². The van der Waals surface area contributed by atoms with Crippen LogP contribution in [0.3, 0.4) is 0 Å². The van der Waals surface area contributed by atoms with Gasteiger partial charge in [0.2, 0.25) is 0 Å². The number of carbonyl (C=O) groups excluding carboxylic acids is 1. The van der Waals surface area contributed by atoms with E-state index in [1.54, 1.807) is 19.2 Å². The zero-order valence-electron chi connectivity index (χ0n) is 10.7. The normalized spacial score (nSPS) is 27.1. The van der Waals surface area contributed by atoms with E-state index in [1.807, 2.05) is 4.90 Å². The second-order valence-corrected chi connectivity index (χ2v) is 5.43. The van der Waals surface area contributed by atoms with E-state index in [0.29, 0.717) is 23.5 Å². The van der Waals surface area contributed by atoms with Crippen LogP contribution in [0, 0.1) is 11.8 Å². The number of methoxy groups -OCH3 is 1. The van der Waals surface area contributed by atoms with Crippen molar-refractivity contribution in [3.8, 4) is 5.95 Å². The Morgan fingerprint density at radius 1 is 1.33 bits per heavy atom. The van der Waals surface area contributed by atoms with Crippen molar-refractivity contribution in [1.82, 2.24) is 4.90 Å². The second-order valence-electron chi connectivity index (χ2n) is 5.43. The van der Waals surface area contributed by atoms with Gasteiger partial charge in [-0.2, -0.15) is 0 Å². The highest BCUT2D eigenvalue weighted by Gasteiger charge is 2.33. The summed E-state index contributed by atoms with van der Waals surface area (Å²) in [5.41, 5.74) is 0. The molecule has 1 saturated carbocycles. The Bertz CT molecular complexity index is 428. The maximum atomic E-state index is 12.3. The Hall–Kier alpha value is -1.45. The van der Waals surface area contributed by atoms with Gasteiger partial charge in [-0.1, -0.05) is 6.42 Å². The van der Waals surface area contributed by atoms with Crippen molar-refractivity contribution >= 4 is 5.91 Å². The van der Waals surface area contributed by atoms with E-state index in [0.717, 1.165) is 13.1 Å². The number of furan rings is 1. The number of piperidine rings is 1. The van der Waals surface area contributed by atoms with Crippen molar-refractivity contribution in [1.29, 1.82) is 0 Å². The molecule has 4 heteroatoms. The van der Waals surface area contributed by atoms with Crippen molar-refractivity contribution in [3.05, 3.63) is 17.9 Å². The molecule has 1 aliphatic carbocycles. The van der Waals surface area contributed by atoms with E-state index in [-0.39, 0.29) is 5.91 Å². The van der Waals surface area contributed by atoms with Gasteiger partial charge in [0.05, 0.1) is 7.11 Å². The lowest BCUT2D eigenvalue weighted by molar-refractivity contribution is 0.0471. The number of ether oxygens (including phenoxy) is 1. The van der Waals surface area contributed by atoms with Crippen molar-refractivity contribution in [3.63, 3.8) is 0 Å². The third-order valence-electron chi connectivity index (χ3n) is 4.13. The summed E-state index contributed by atoms with van der Waals surface area (Å²) in [6, 6.07) is 3.39. The number of hydrogen-bond donors (Lipinski definition) is 0. The number of amides is 1. The molecule has 98 valence electrons. The molecular formula is C14H19NO3. The van der Waals surface area contributed by atoms with Gasteiger partial charge in [0.1, 0.15) is 0 Å². The topological polar surface area (TPSA) is 42.7 Å². The van der Waals surface area contributed by atoms with Crippen LogP contribution in [0.2, 0.25) is 0 Å². The largest absolute Gasteiger partial charge is 0.468 e. The predicted molar refractivity (Wildman–Crippen MR) is 66.6 cm³/mol. The van der Waals surface area contributed by atoms with Crippen molar-refractivity contribution < 1.29 is 13.9 Å². The summed E-state index contributed by atoms with van der Waals surface area (Å²) < 4.78 is 10.3. The molecule has 1 saturated heterocycles. The van der Waals surface area contributed by atoms with Gasteiger partial charge < -0.3 is 14.1 Å². The van der Waals surface area contributed by atoms with Gasteiger partial charge in [-0.3, -0.25) is 4.79 Å². The molecule has 2 fully saturated rings. The molecule has 1 aliphatic heterocycles. The van der Waals surface area contributed by atoms with Gasteiger partial charge in [-0.25, -0.2) is 0 Å². The van der Waals surface area contributed by atoms with Crippen LogP contribution in [0.4, 0.5) is 0 Å². The third kappa shape index (κ3) is 2.11. The van der Waals surface area contributed by atoms with Gasteiger partial charge >= 0.3 is 0 Å². The summed E-state index contributed by atoms with van der Waals surface area (Å²) in [5, 5.41) is 0. The average molecular weight is 249 g/mol. The van der Waals surface area contributed by atoms with Gasteiger partial charge in [0.15, 0.2) is 5.76 Å². The molecule has 18 heavy (non-hydrogen) atoms. The van der Waals surface area contributed by atoms with Gasteiger partial charge in [-0.15, -0.1) is 0 Å². The molecule has 2 unspecified atom stereocenters. The highest BCUT2D eigenvalue weighted by molar-refractivity contribution is 5.91. The van der Waals surface area contributed by atoms with Crippen LogP contribution in [-0.4, -0.2) is 31.0 Å². The first-order valence-electron chi connectivity index (χ1n) is 6.69. The first kappa shape index (κ1) is 11.6. The average Bonchev–Trinajstić information content (AvgIpc) is 2.86. The number of fused-ring (bicyclic) bond motifs is 2. The minimum Gasteiger partial charge on any atom is -0.468 e. The van der Waals surface area contributed by atoms with Crippen molar-refractivity contribution in [2.75, 3.05) is 20.2 Å². The zero-order chi connectivity index (χ0) is 12.5. The Labute approximate surface area is 107 Å². The standard InChI is InChI=1S/C14H19NO3/c1-17-13-6-5-12(18-13)14(16)15-8-10-3-2-4-11(7-10)9-15/h5-6,10-11H,2-4,7-9H2,1H3. The summed E-state index contributed by atoms with van der Waals surface area (Å²) in [6.07, 6.45) is 5.15. The van der Waals surface area contributed by atoms with Gasteiger partial charge in [0, 0.05) is 19.2 Å². The molecule has 2 heterocycles. The highest BCUT2D eigenvalue weighted by atomic mass is 16.6. The maximum absolute atomic E-state index is 12.3. The SMILES string of the molecule is COc1ccc(C(=O)N2CC3CCCC(C3)C2)o1. The number of nitrogens with zero attached hydrogens (tertiary/aromatic N) is 1. The van der Waals surface area contributed by atoms with Crippen LogP contribution >= 0.6 is 0 Å². The molecule has 0 spiro atoms. The van der Waals surface area contributed by atoms with E-state index in [2.05, 4.69) is 0 Å². The van der Waals surface area contributed by atoms with E-state index in [4.69, 9.17) is 9.15 Å². The molecule has 0 radical (unpaired) electrons. The van der Waals surface area contributed by atoms with Crippen LogP contribution < -0.4 is 4.74 Å². The van der Waals surface area contributed by atoms with Crippen molar-refractivity contribution in [2.45, 2.75) is 25.7 Å². The van der Waals surface area contributed by atoms with Crippen LogP contribution in [-0.2, 0) is 0 Å². The zero-order valence-corrected chi connectivity index (χ0v) is 10.7. The Morgan fingerprint density at radius 2 is 2.06 bits per heavy atom. The first-order chi connectivity index (χ1) is 8.76. The molecule has 3 rings (SSSR count). The quantitative estimate of drug-likeness (QED) is 0.809. The number of likely N-dealkylation sites (tertiary alicyclic amines) is 1. The van der Waals surface area contributed by atoms with Crippen LogP contribution in [0.15, 0.2) is 16.5 Å². The Kier molecular flexibility index (Phi) is 3.02. The fourth-order valence-electron chi connectivity index (χ4n) is 3.30. The number of carbonyl (C=O) groups is 1. The van der Waals surface area contributed by atoms with E-state index >= 15 is 0 Å². The summed E-state index contributed by atoms with van der Waals surface area (Å²) in [4.78, 5) is 14.3. The van der Waals surface area contributed by atoms with Gasteiger partial charge in [-0.05, 0) is 37.2 Å². The maximum Gasteiger partial charge on any atom is 0.289 e. The predicted octanol–water partition coefficient (Wildman–Crippen LogP) is 2.55. The molecule has 4 nitrogen and oxygen atoms in total. The molecule has 2 aliphatic rings. The molecule has 2 atom stereocenters. The number of rotatable bonds is 2. The molecule has 0 N–H and O–H groups in total. The minimum absolute atomic E-state index is 0.00917. The summed E-state index contributed by atoms with van der Waals surface area (Å²) in [6.45, 7) is 1.77. The Balaban J connectivity index is 1.72. The van der Waals surface area contributed by atoms with Gasteiger partial charge in [0.25, 0.3) is 11.9 Å². The molecule has 0 aromatic carbocycles. The molecule has 1 aromatic heterocycles. The van der Waals surface area contributed by atoms with E-state index < -0.39 is 0 Å². The highest BCUT2D eigenvalue weighted by Crippen LogP contribution is 2.35. The lowest BCUT2D eigenvalue weighted by atomic mass is 9.78. The first-order valence-corrected chi connectivity index (χ1v) is 6.69. The second kappa shape index (κ2) is 4.67. The minimum atomic E-state index is 0.00917. The fraction of sp³-hybridized carbons (Fsp3) is 0.643. The van der Waals surface area contributed by atoms with Crippen LogP contribution in [0.5, 0.6) is 5.95 Å². The fourth-order valence-corrected chi connectivity index (χ4v) is 3.30. The Morgan fingerprint density at radius 3 is 2.67 bits per heavy atom. The smallest absolute Gasteiger partial charge is 0.289 e. The molecular weight excluding hydrogens is 230 g/mol. The monoisotopic (exact) mass is 249 g/mol. The molecule has 2 bridgehead atoms. The summed E-state index contributed by atoms with van der Waals surface area (Å²) in [5.74, 6) is 2.19. The van der Waals surface area contributed by atoms with Crippen LogP contribution in [0.25, 0.3) is 0 Å². The summed E-state index contributed by atoms with van der Waals surface area (Å²) in [7, 11) is 1.54. The van der Waals surface area contributed by atoms with E-state index in [1.165, 1.54) is 25.7 Å². The van der Waals surface area contributed by atoms with E-state index in [9.17, 15) is 4.79 Å². The van der Waals surface area contributed by atoms with Crippen LogP contribution in [0.1, 0.15) is 36.2 Å². The molecule has 1 amide bonds. The third-order valence-corrected chi connectivity index (χ3v) is 4.13. The lowest BCUT2D eigenvalue weighted by Gasteiger charge is -2.41. The summed E-state index contributed by atoms with van der Waals surface area (Å²) >= 11 is 0.